The molecule has 3 rings (SSSR count). The number of aryl methyl sites for hydroxylation is 1. The Morgan fingerprint density at radius 3 is 2.80 bits per heavy atom. The van der Waals surface area contributed by atoms with Gasteiger partial charge < -0.3 is 10.3 Å². The number of nitrogens with zero attached hydrogens (tertiary/aromatic N) is 2. The first-order valence-corrected chi connectivity index (χ1v) is 7.24. The van der Waals surface area contributed by atoms with Gasteiger partial charge in [0.1, 0.15) is 23.2 Å². The summed E-state index contributed by atoms with van der Waals surface area (Å²) in [6.07, 6.45) is 3.38. The topological polar surface area (TPSA) is 43.8 Å². The highest BCUT2D eigenvalue weighted by Gasteiger charge is 2.31. The molecule has 0 atom stereocenters. The molecule has 20 heavy (non-hydrogen) atoms. The Morgan fingerprint density at radius 1 is 1.40 bits per heavy atom. The van der Waals surface area contributed by atoms with Gasteiger partial charge in [0.05, 0.1) is 0 Å². The molecule has 2 N–H and O–H groups in total. The van der Waals surface area contributed by atoms with Gasteiger partial charge in [0.2, 0.25) is 0 Å². The summed E-state index contributed by atoms with van der Waals surface area (Å²) in [5.74, 6) is 2.03. The summed E-state index contributed by atoms with van der Waals surface area (Å²) in [4.78, 5) is 4.73. The maximum Gasteiger partial charge on any atom is 0.131 e. The SMILES string of the molecule is CCCn1c(C2CC2)nc(-c2cc(F)ccc2C)c1N. The van der Waals surface area contributed by atoms with Gasteiger partial charge >= 0.3 is 0 Å². The van der Waals surface area contributed by atoms with E-state index in [-0.39, 0.29) is 5.82 Å². The van der Waals surface area contributed by atoms with E-state index in [0.717, 1.165) is 35.6 Å². The second kappa shape index (κ2) is 4.93. The van der Waals surface area contributed by atoms with Gasteiger partial charge in [0, 0.05) is 18.0 Å². The summed E-state index contributed by atoms with van der Waals surface area (Å²) in [5, 5.41) is 0. The van der Waals surface area contributed by atoms with Gasteiger partial charge in [-0.05, 0) is 43.9 Å². The van der Waals surface area contributed by atoms with Gasteiger partial charge in [-0.3, -0.25) is 0 Å². The Hall–Kier alpha value is -1.84. The fraction of sp³-hybridized carbons (Fsp3) is 0.438. The van der Waals surface area contributed by atoms with Crippen molar-refractivity contribution < 1.29 is 4.39 Å². The first kappa shape index (κ1) is 13.2. The zero-order valence-corrected chi connectivity index (χ0v) is 12.0. The third-order valence-electron chi connectivity index (χ3n) is 3.88. The quantitative estimate of drug-likeness (QED) is 0.919. The maximum atomic E-state index is 13.5. The van der Waals surface area contributed by atoms with Crippen LogP contribution in [0.15, 0.2) is 18.2 Å². The van der Waals surface area contributed by atoms with E-state index < -0.39 is 0 Å². The molecule has 2 aromatic rings. The molecule has 0 spiro atoms. The van der Waals surface area contributed by atoms with E-state index in [1.165, 1.54) is 25.0 Å². The lowest BCUT2D eigenvalue weighted by molar-refractivity contribution is 0.628. The lowest BCUT2D eigenvalue weighted by Gasteiger charge is -2.08. The van der Waals surface area contributed by atoms with Crippen LogP contribution in [0.25, 0.3) is 11.3 Å². The molecule has 1 saturated carbocycles. The molecule has 1 aromatic heterocycles. The molecule has 0 radical (unpaired) electrons. The molecule has 0 amide bonds. The van der Waals surface area contributed by atoms with Crippen LogP contribution in [-0.2, 0) is 6.54 Å². The van der Waals surface area contributed by atoms with Gasteiger partial charge in [0.25, 0.3) is 0 Å². The number of halogens is 1. The highest BCUT2D eigenvalue weighted by atomic mass is 19.1. The van der Waals surface area contributed by atoms with E-state index in [1.54, 1.807) is 6.07 Å². The van der Waals surface area contributed by atoms with Crippen LogP contribution in [-0.4, -0.2) is 9.55 Å². The van der Waals surface area contributed by atoms with E-state index >= 15 is 0 Å². The van der Waals surface area contributed by atoms with Crippen LogP contribution in [0.1, 0.15) is 43.5 Å². The molecule has 0 bridgehead atoms. The number of aromatic nitrogens is 2. The molecular weight excluding hydrogens is 253 g/mol. The van der Waals surface area contributed by atoms with Crippen molar-refractivity contribution in [2.45, 2.75) is 45.6 Å². The molecule has 4 heteroatoms. The predicted molar refractivity (Wildman–Crippen MR) is 79.0 cm³/mol. The molecule has 1 heterocycles. The van der Waals surface area contributed by atoms with Crippen LogP contribution in [0.2, 0.25) is 0 Å². The molecule has 1 aromatic carbocycles. The summed E-state index contributed by atoms with van der Waals surface area (Å²) in [5.41, 5.74) is 8.82. The van der Waals surface area contributed by atoms with Crippen LogP contribution >= 0.6 is 0 Å². The first-order valence-electron chi connectivity index (χ1n) is 7.24. The number of benzene rings is 1. The summed E-state index contributed by atoms with van der Waals surface area (Å²) >= 11 is 0. The number of rotatable bonds is 4. The van der Waals surface area contributed by atoms with Crippen molar-refractivity contribution in [2.24, 2.45) is 0 Å². The van der Waals surface area contributed by atoms with Crippen molar-refractivity contribution >= 4 is 5.82 Å². The van der Waals surface area contributed by atoms with Gasteiger partial charge in [0.15, 0.2) is 0 Å². The highest BCUT2D eigenvalue weighted by molar-refractivity contribution is 5.74. The number of hydrogen-bond acceptors (Lipinski definition) is 2. The minimum Gasteiger partial charge on any atom is -0.383 e. The van der Waals surface area contributed by atoms with E-state index in [1.807, 2.05) is 6.92 Å². The van der Waals surface area contributed by atoms with Crippen molar-refractivity contribution in [1.29, 1.82) is 0 Å². The maximum absolute atomic E-state index is 13.5. The highest BCUT2D eigenvalue weighted by Crippen LogP contribution is 2.42. The largest absolute Gasteiger partial charge is 0.383 e. The third-order valence-corrected chi connectivity index (χ3v) is 3.88. The molecule has 0 unspecified atom stereocenters. The van der Waals surface area contributed by atoms with Gasteiger partial charge in [-0.2, -0.15) is 0 Å². The number of hydrogen-bond donors (Lipinski definition) is 1. The number of imidazole rings is 1. The summed E-state index contributed by atoms with van der Waals surface area (Å²) in [6.45, 7) is 4.96. The normalized spacial score (nSPS) is 14.8. The Morgan fingerprint density at radius 2 is 2.15 bits per heavy atom. The van der Waals surface area contributed by atoms with Gasteiger partial charge in [-0.1, -0.05) is 13.0 Å². The minimum absolute atomic E-state index is 0.247. The lowest BCUT2D eigenvalue weighted by Crippen LogP contribution is -2.06. The standard InChI is InChI=1S/C16H20FN3/c1-3-8-20-15(18)14(19-16(20)11-5-6-11)13-9-12(17)7-4-10(13)2/h4,7,9,11H,3,5-6,8,18H2,1-2H3. The van der Waals surface area contributed by atoms with Crippen LogP contribution < -0.4 is 5.73 Å². The average molecular weight is 273 g/mol. The van der Waals surface area contributed by atoms with E-state index in [9.17, 15) is 4.39 Å². The number of nitrogen functional groups attached to an aromatic ring is 1. The smallest absolute Gasteiger partial charge is 0.131 e. The van der Waals surface area contributed by atoms with E-state index in [2.05, 4.69) is 11.5 Å². The van der Waals surface area contributed by atoms with Gasteiger partial charge in [-0.25, -0.2) is 9.37 Å². The molecule has 3 nitrogen and oxygen atoms in total. The fourth-order valence-electron chi connectivity index (χ4n) is 2.64. The molecule has 1 aliphatic rings. The van der Waals surface area contributed by atoms with Crippen molar-refractivity contribution in [3.8, 4) is 11.3 Å². The third kappa shape index (κ3) is 2.19. The molecule has 0 saturated heterocycles. The van der Waals surface area contributed by atoms with Crippen molar-refractivity contribution in [1.82, 2.24) is 9.55 Å². The Labute approximate surface area is 118 Å². The average Bonchev–Trinajstić information content (AvgIpc) is 3.21. The first-order chi connectivity index (χ1) is 9.61. The molecular formula is C16H20FN3. The Kier molecular flexibility index (Phi) is 3.24. The van der Waals surface area contributed by atoms with Crippen LogP contribution in [0.4, 0.5) is 10.2 Å². The summed E-state index contributed by atoms with van der Waals surface area (Å²) in [7, 11) is 0. The number of nitrogens with two attached hydrogens (primary N) is 1. The molecule has 106 valence electrons. The van der Waals surface area contributed by atoms with Crippen LogP contribution in [0, 0.1) is 12.7 Å². The van der Waals surface area contributed by atoms with E-state index in [0.29, 0.717) is 11.7 Å². The summed E-state index contributed by atoms with van der Waals surface area (Å²) < 4.78 is 15.6. The fourth-order valence-corrected chi connectivity index (χ4v) is 2.64. The molecule has 0 aliphatic heterocycles. The predicted octanol–water partition coefficient (Wildman–Crippen LogP) is 3.87. The zero-order chi connectivity index (χ0) is 14.3. The van der Waals surface area contributed by atoms with Crippen molar-refractivity contribution in [3.63, 3.8) is 0 Å². The van der Waals surface area contributed by atoms with Gasteiger partial charge in [-0.15, -0.1) is 0 Å². The van der Waals surface area contributed by atoms with Crippen LogP contribution in [0.5, 0.6) is 0 Å². The summed E-state index contributed by atoms with van der Waals surface area (Å²) in [6, 6.07) is 4.78. The Balaban J connectivity index is 2.13. The van der Waals surface area contributed by atoms with Crippen molar-refractivity contribution in [3.05, 3.63) is 35.4 Å². The molecule has 1 aliphatic carbocycles. The van der Waals surface area contributed by atoms with Crippen molar-refractivity contribution in [2.75, 3.05) is 5.73 Å². The lowest BCUT2D eigenvalue weighted by atomic mass is 10.1. The molecule has 1 fully saturated rings. The monoisotopic (exact) mass is 273 g/mol. The second-order valence-corrected chi connectivity index (χ2v) is 5.59. The minimum atomic E-state index is -0.247. The van der Waals surface area contributed by atoms with Crippen LogP contribution in [0.3, 0.4) is 0 Å². The van der Waals surface area contributed by atoms with E-state index in [4.69, 9.17) is 10.7 Å². The second-order valence-electron chi connectivity index (χ2n) is 5.59. The number of anilines is 1. The Bertz CT molecular complexity index is 641. The zero-order valence-electron chi connectivity index (χ0n) is 12.0.